The Morgan fingerprint density at radius 2 is 1.68 bits per heavy atom. The minimum absolute atomic E-state index is 0.0719. The first-order valence-corrected chi connectivity index (χ1v) is 16.9. The highest BCUT2D eigenvalue weighted by molar-refractivity contribution is 9.10. The number of morpholine rings is 1. The van der Waals surface area contributed by atoms with Gasteiger partial charge in [0.25, 0.3) is 0 Å². The van der Waals surface area contributed by atoms with Gasteiger partial charge in [-0.05, 0) is 67.9 Å². The second-order valence-corrected chi connectivity index (χ2v) is 13.7. The molecule has 1 saturated carbocycles. The summed E-state index contributed by atoms with van der Waals surface area (Å²) >= 11 is 3.06. The van der Waals surface area contributed by atoms with E-state index in [1.165, 1.54) is 6.07 Å². The quantitative estimate of drug-likeness (QED) is 0.234. The molecular weight excluding hydrogens is 665 g/mol. The molecule has 0 unspecified atom stereocenters. The Kier molecular flexibility index (Phi) is 10.8. The highest BCUT2D eigenvalue weighted by atomic mass is 79.9. The lowest BCUT2D eigenvalue weighted by Gasteiger charge is -2.29. The fourth-order valence-electron chi connectivity index (χ4n) is 5.54. The molecule has 1 aliphatic carbocycles. The number of hydrogen-bond donors (Lipinski definition) is 3. The number of sulfonamides is 1. The number of hydrogen-bond acceptors (Lipinski definition) is 9. The van der Waals surface area contributed by atoms with E-state index < -0.39 is 27.0 Å². The molecule has 240 valence electrons. The van der Waals surface area contributed by atoms with Gasteiger partial charge >= 0.3 is 6.36 Å². The Morgan fingerprint density at radius 1 is 0.977 bits per heavy atom. The third-order valence-corrected chi connectivity index (χ3v) is 9.88. The number of anilines is 2. The first kappa shape index (κ1) is 32.7. The summed E-state index contributed by atoms with van der Waals surface area (Å²) in [5.41, 5.74) is 0.851. The summed E-state index contributed by atoms with van der Waals surface area (Å²) in [7, 11) is -4.21. The molecule has 15 heteroatoms. The van der Waals surface area contributed by atoms with Crippen LogP contribution in [0.5, 0.6) is 5.75 Å². The van der Waals surface area contributed by atoms with Crippen molar-refractivity contribution in [2.24, 2.45) is 11.8 Å². The average molecular weight is 702 g/mol. The van der Waals surface area contributed by atoms with Crippen molar-refractivity contribution < 1.29 is 31.1 Å². The summed E-state index contributed by atoms with van der Waals surface area (Å²) in [4.78, 5) is 11.3. The van der Waals surface area contributed by atoms with Gasteiger partial charge in [0.05, 0.1) is 18.7 Å². The van der Waals surface area contributed by atoms with Crippen LogP contribution in [0, 0.1) is 11.8 Å². The molecule has 44 heavy (non-hydrogen) atoms. The van der Waals surface area contributed by atoms with E-state index in [0.717, 1.165) is 93.9 Å². The van der Waals surface area contributed by atoms with Crippen LogP contribution in [0.2, 0.25) is 0 Å². The topological polar surface area (TPSA) is 118 Å². The fourth-order valence-corrected chi connectivity index (χ4v) is 7.10. The molecule has 0 bridgehead atoms. The monoisotopic (exact) mass is 700 g/mol. The van der Waals surface area contributed by atoms with Crippen molar-refractivity contribution in [3.05, 3.63) is 46.9 Å². The number of fused-ring (bicyclic) bond motifs is 1. The number of alkyl halides is 3. The minimum atomic E-state index is -5.02. The summed E-state index contributed by atoms with van der Waals surface area (Å²) < 4.78 is 76.5. The number of nitrogens with zero attached hydrogens (tertiary/aromatic N) is 3. The molecule has 2 aromatic carbocycles. The van der Waals surface area contributed by atoms with Crippen molar-refractivity contribution in [2.45, 2.75) is 36.9 Å². The zero-order valence-corrected chi connectivity index (χ0v) is 26.5. The molecular formula is C29H36BrF3N6O4S. The largest absolute Gasteiger partial charge is 0.573 e. The van der Waals surface area contributed by atoms with Gasteiger partial charge in [-0.1, -0.05) is 28.1 Å². The zero-order chi connectivity index (χ0) is 31.2. The van der Waals surface area contributed by atoms with Gasteiger partial charge < -0.3 is 20.1 Å². The van der Waals surface area contributed by atoms with E-state index >= 15 is 0 Å². The van der Waals surface area contributed by atoms with Crippen LogP contribution in [0.1, 0.15) is 25.7 Å². The molecule has 2 aliphatic rings. The van der Waals surface area contributed by atoms with Gasteiger partial charge in [-0.25, -0.2) is 18.1 Å². The molecule has 3 N–H and O–H groups in total. The third-order valence-electron chi connectivity index (χ3n) is 7.93. The summed E-state index contributed by atoms with van der Waals surface area (Å²) in [5, 5.41) is 7.84. The van der Waals surface area contributed by atoms with Crippen molar-refractivity contribution >= 4 is 48.6 Å². The van der Waals surface area contributed by atoms with Crippen LogP contribution in [-0.2, 0) is 14.8 Å². The number of aromatic nitrogens is 2. The van der Waals surface area contributed by atoms with Crippen molar-refractivity contribution in [2.75, 3.05) is 63.1 Å². The Balaban J connectivity index is 1.12. The second kappa shape index (κ2) is 14.6. The van der Waals surface area contributed by atoms with E-state index in [2.05, 4.69) is 40.9 Å². The van der Waals surface area contributed by atoms with Crippen molar-refractivity contribution in [1.29, 1.82) is 0 Å². The molecule has 1 aliphatic heterocycles. The van der Waals surface area contributed by atoms with Gasteiger partial charge in [0.1, 0.15) is 10.7 Å². The number of ether oxygens (including phenoxy) is 2. The first-order chi connectivity index (χ1) is 21.1. The van der Waals surface area contributed by atoms with E-state index in [9.17, 15) is 21.6 Å². The lowest BCUT2D eigenvalue weighted by molar-refractivity contribution is -0.275. The molecule has 10 nitrogen and oxygen atoms in total. The van der Waals surface area contributed by atoms with Gasteiger partial charge in [-0.3, -0.25) is 4.90 Å². The second-order valence-electron chi connectivity index (χ2n) is 11.1. The number of nitrogens with one attached hydrogen (secondary N) is 3. The molecule has 1 saturated heterocycles. The molecule has 1 aromatic heterocycles. The maximum atomic E-state index is 12.9. The Bertz CT molecular complexity index is 1520. The highest BCUT2D eigenvalue weighted by Gasteiger charge is 2.34. The fraction of sp³-hybridized carbons (Fsp3) is 0.517. The molecule has 2 heterocycles. The van der Waals surface area contributed by atoms with Gasteiger partial charge in [0.15, 0.2) is 5.75 Å². The average Bonchev–Trinajstić information content (AvgIpc) is 2.99. The summed E-state index contributed by atoms with van der Waals surface area (Å²) in [6.07, 6.45) is -1.70. The van der Waals surface area contributed by atoms with Crippen LogP contribution in [0.25, 0.3) is 10.9 Å². The Morgan fingerprint density at radius 3 is 2.41 bits per heavy atom. The van der Waals surface area contributed by atoms with E-state index in [1.54, 1.807) is 0 Å². The minimum Gasteiger partial charge on any atom is -0.404 e. The zero-order valence-electron chi connectivity index (χ0n) is 24.1. The Hall–Kier alpha value is -2.72. The van der Waals surface area contributed by atoms with Crippen LogP contribution in [0.15, 0.2) is 51.8 Å². The lowest BCUT2D eigenvalue weighted by Crippen LogP contribution is -2.39. The molecule has 0 radical (unpaired) electrons. The number of para-hydroxylation sites is 1. The summed E-state index contributed by atoms with van der Waals surface area (Å²) in [6, 6.07) is 11.3. The lowest BCUT2D eigenvalue weighted by atomic mass is 9.82. The van der Waals surface area contributed by atoms with Crippen molar-refractivity contribution in [3.63, 3.8) is 0 Å². The maximum absolute atomic E-state index is 12.9. The molecule has 0 spiro atoms. The van der Waals surface area contributed by atoms with Gasteiger partial charge in [-0.2, -0.15) is 4.98 Å². The number of benzene rings is 2. The predicted molar refractivity (Wildman–Crippen MR) is 165 cm³/mol. The van der Waals surface area contributed by atoms with Crippen LogP contribution in [0.3, 0.4) is 0 Å². The van der Waals surface area contributed by atoms with Crippen molar-refractivity contribution in [3.8, 4) is 5.75 Å². The van der Waals surface area contributed by atoms with E-state index in [1.807, 2.05) is 24.3 Å². The number of halogens is 4. The standard InChI is InChI=1S/C29H36BrF3N6O4S/c30-22-9-10-26(25(17-22)43-29(31,32)33)44(40,41)36-19-21-7-5-20(6-8-21)18-35-28-37-24-4-2-1-3-23(24)27(38-28)34-11-12-39-13-15-42-16-14-39/h1-4,9-10,17,20-21,36H,5-8,11-16,18-19H2,(H2,34,35,37,38). The van der Waals surface area contributed by atoms with Gasteiger partial charge in [0, 0.05) is 49.1 Å². The van der Waals surface area contributed by atoms with E-state index in [4.69, 9.17) is 14.7 Å². The van der Waals surface area contributed by atoms with Gasteiger partial charge in [0.2, 0.25) is 16.0 Å². The third kappa shape index (κ3) is 9.16. The van der Waals surface area contributed by atoms with Crippen LogP contribution in [0.4, 0.5) is 24.9 Å². The van der Waals surface area contributed by atoms with Crippen LogP contribution >= 0.6 is 15.9 Å². The van der Waals surface area contributed by atoms with Crippen LogP contribution in [-0.4, -0.2) is 82.1 Å². The molecule has 2 fully saturated rings. The van der Waals surface area contributed by atoms with Gasteiger partial charge in [-0.15, -0.1) is 13.2 Å². The van der Waals surface area contributed by atoms with Crippen LogP contribution < -0.4 is 20.1 Å². The SMILES string of the molecule is O=S(=O)(NCC1CCC(CNc2nc(NCCN3CCOCC3)c3ccccc3n2)CC1)c1ccc(Br)cc1OC(F)(F)F. The summed E-state index contributed by atoms with van der Waals surface area (Å²) in [5.74, 6) is 0.993. The normalized spacial score (nSPS) is 20.0. The molecule has 5 rings (SSSR count). The smallest absolute Gasteiger partial charge is 0.404 e. The van der Waals surface area contributed by atoms with E-state index in [-0.39, 0.29) is 16.9 Å². The molecule has 0 atom stereocenters. The maximum Gasteiger partial charge on any atom is 0.573 e. The first-order valence-electron chi connectivity index (χ1n) is 14.7. The van der Waals surface area contributed by atoms with E-state index in [0.29, 0.717) is 18.4 Å². The predicted octanol–water partition coefficient (Wildman–Crippen LogP) is 5.23. The number of rotatable bonds is 12. The summed E-state index contributed by atoms with van der Waals surface area (Å²) in [6.45, 7) is 5.85. The van der Waals surface area contributed by atoms with Crippen molar-refractivity contribution in [1.82, 2.24) is 19.6 Å². The Labute approximate surface area is 263 Å². The highest BCUT2D eigenvalue weighted by Crippen LogP contribution is 2.33. The molecule has 3 aromatic rings. The molecule has 0 amide bonds.